The molecule has 0 saturated heterocycles. The molecule has 278 valence electrons. The lowest BCUT2D eigenvalue weighted by molar-refractivity contribution is 1.10. The highest BCUT2D eigenvalue weighted by Gasteiger charge is 2.17. The third-order valence-electron chi connectivity index (χ3n) is 11.1. The van der Waals surface area contributed by atoms with E-state index in [0.29, 0.717) is 0 Å². The fourth-order valence-electron chi connectivity index (χ4n) is 8.44. The number of nitrogens with zero attached hydrogens (tertiary/aromatic N) is 2. The first-order valence-electron chi connectivity index (χ1n) is 19.9. The van der Waals surface area contributed by atoms with Crippen molar-refractivity contribution >= 4 is 46.1 Å². The van der Waals surface area contributed by atoms with E-state index < -0.39 is 0 Å². The standard InChI is InChI=1S/C56H44N2/c1-5-17-53-49(7-3)51-23-12-14-25-55(51)57(53)47-31-27-40(28-32-47)42-21-16-22-43(35-42)46-37-44(39-19-10-9-11-20-39)36-45(38-46)41-29-33-48(34-30-41)58-54(18-6-2)50(8-4)52-24-13-15-26-56(52)58/h5-38H,3-4H2,1-2H3/b17-5-,18-6-. The summed E-state index contributed by atoms with van der Waals surface area (Å²) in [5, 5.41) is 2.40. The van der Waals surface area contributed by atoms with Gasteiger partial charge in [-0.25, -0.2) is 0 Å². The molecule has 7 aromatic carbocycles. The molecule has 2 nitrogen and oxygen atoms in total. The Kier molecular flexibility index (Phi) is 9.75. The molecule has 0 radical (unpaired) electrons. The Balaban J connectivity index is 1.10. The lowest BCUT2D eigenvalue weighted by Crippen LogP contribution is -1.97. The van der Waals surface area contributed by atoms with Crippen molar-refractivity contribution in [1.29, 1.82) is 0 Å². The van der Waals surface area contributed by atoms with Crippen molar-refractivity contribution in [3.8, 4) is 55.9 Å². The fraction of sp³-hybridized carbons (Fsp3) is 0.0357. The third-order valence-corrected chi connectivity index (χ3v) is 11.1. The maximum atomic E-state index is 4.16. The molecule has 0 fully saturated rings. The summed E-state index contributed by atoms with van der Waals surface area (Å²) in [5.41, 5.74) is 18.5. The van der Waals surface area contributed by atoms with Gasteiger partial charge in [0, 0.05) is 33.3 Å². The Morgan fingerprint density at radius 1 is 0.362 bits per heavy atom. The van der Waals surface area contributed by atoms with E-state index in [9.17, 15) is 0 Å². The molecular weight excluding hydrogens is 701 g/mol. The second-order valence-corrected chi connectivity index (χ2v) is 14.6. The van der Waals surface area contributed by atoms with Gasteiger partial charge in [-0.15, -0.1) is 0 Å². The largest absolute Gasteiger partial charge is 0.309 e. The van der Waals surface area contributed by atoms with E-state index in [0.717, 1.165) is 39.5 Å². The van der Waals surface area contributed by atoms with Gasteiger partial charge in [0.1, 0.15) is 0 Å². The molecule has 0 unspecified atom stereocenters. The highest BCUT2D eigenvalue weighted by Crippen LogP contribution is 2.37. The molecule has 0 saturated carbocycles. The average Bonchev–Trinajstić information content (AvgIpc) is 3.78. The van der Waals surface area contributed by atoms with Gasteiger partial charge in [0.25, 0.3) is 0 Å². The predicted molar refractivity (Wildman–Crippen MR) is 251 cm³/mol. The minimum absolute atomic E-state index is 1.11. The minimum Gasteiger partial charge on any atom is -0.309 e. The van der Waals surface area contributed by atoms with Crippen molar-refractivity contribution in [2.75, 3.05) is 0 Å². The van der Waals surface area contributed by atoms with Crippen LogP contribution in [0.4, 0.5) is 0 Å². The first-order chi connectivity index (χ1) is 28.6. The van der Waals surface area contributed by atoms with Crippen molar-refractivity contribution in [2.45, 2.75) is 13.8 Å². The fourth-order valence-corrected chi connectivity index (χ4v) is 8.44. The van der Waals surface area contributed by atoms with Crippen LogP contribution in [0.5, 0.6) is 0 Å². The van der Waals surface area contributed by atoms with Gasteiger partial charge in [-0.1, -0.05) is 147 Å². The summed E-state index contributed by atoms with van der Waals surface area (Å²) in [6, 6.07) is 61.5. The minimum atomic E-state index is 1.11. The lowest BCUT2D eigenvalue weighted by atomic mass is 9.92. The van der Waals surface area contributed by atoms with Gasteiger partial charge < -0.3 is 9.13 Å². The van der Waals surface area contributed by atoms with Crippen LogP contribution in [0.2, 0.25) is 0 Å². The number of rotatable bonds is 10. The van der Waals surface area contributed by atoms with Crippen LogP contribution >= 0.6 is 0 Å². The zero-order valence-corrected chi connectivity index (χ0v) is 32.9. The normalized spacial score (nSPS) is 11.6. The van der Waals surface area contributed by atoms with Crippen molar-refractivity contribution in [1.82, 2.24) is 9.13 Å². The van der Waals surface area contributed by atoms with Gasteiger partial charge in [-0.05, 0) is 131 Å². The van der Waals surface area contributed by atoms with Crippen molar-refractivity contribution < 1.29 is 0 Å². The summed E-state index contributed by atoms with van der Waals surface area (Å²) in [6.07, 6.45) is 12.5. The highest BCUT2D eigenvalue weighted by molar-refractivity contribution is 5.96. The van der Waals surface area contributed by atoms with Crippen LogP contribution in [-0.4, -0.2) is 9.13 Å². The van der Waals surface area contributed by atoms with Crippen molar-refractivity contribution in [3.63, 3.8) is 0 Å². The van der Waals surface area contributed by atoms with Crippen LogP contribution in [-0.2, 0) is 0 Å². The molecule has 9 rings (SSSR count). The number of hydrogen-bond donors (Lipinski definition) is 0. The Labute approximate surface area is 341 Å². The summed E-state index contributed by atoms with van der Waals surface area (Å²) in [5.74, 6) is 0. The maximum Gasteiger partial charge on any atom is 0.0541 e. The predicted octanol–water partition coefficient (Wildman–Crippen LogP) is 15.6. The van der Waals surface area contributed by atoms with E-state index in [2.05, 4.69) is 230 Å². The first kappa shape index (κ1) is 36.2. The van der Waals surface area contributed by atoms with Gasteiger partial charge in [-0.3, -0.25) is 0 Å². The molecule has 0 bridgehead atoms. The summed E-state index contributed by atoms with van der Waals surface area (Å²) in [7, 11) is 0. The van der Waals surface area contributed by atoms with Gasteiger partial charge in [0.15, 0.2) is 0 Å². The van der Waals surface area contributed by atoms with Crippen LogP contribution in [0.3, 0.4) is 0 Å². The van der Waals surface area contributed by atoms with Crippen molar-refractivity contribution in [3.05, 3.63) is 218 Å². The molecule has 2 heteroatoms. The smallest absolute Gasteiger partial charge is 0.0541 e. The number of fused-ring (bicyclic) bond motifs is 2. The molecule has 9 aromatic rings. The third kappa shape index (κ3) is 6.45. The lowest BCUT2D eigenvalue weighted by Gasteiger charge is -2.14. The SMILES string of the molecule is C=Cc1c(/C=C\C)n(-c2ccc(-c3cccc(-c4cc(-c5ccccc5)cc(-c5ccc(-n6c(/C=C\C)c(C=C)c7ccccc76)cc5)c4)c3)cc2)c2ccccc12. The molecule has 0 amide bonds. The average molecular weight is 745 g/mol. The molecular formula is C56H44N2. The van der Waals surface area contributed by atoms with Crippen LogP contribution < -0.4 is 0 Å². The van der Waals surface area contributed by atoms with E-state index >= 15 is 0 Å². The zero-order chi connectivity index (χ0) is 39.6. The van der Waals surface area contributed by atoms with Gasteiger partial charge in [0.05, 0.1) is 22.4 Å². The van der Waals surface area contributed by atoms with Gasteiger partial charge in [-0.2, -0.15) is 0 Å². The number of allylic oxidation sites excluding steroid dienone is 2. The van der Waals surface area contributed by atoms with Crippen LogP contribution in [0.15, 0.2) is 195 Å². The Hall–Kier alpha value is -7.42. The molecule has 0 aliphatic carbocycles. The second-order valence-electron chi connectivity index (χ2n) is 14.6. The highest BCUT2D eigenvalue weighted by atomic mass is 15.0. The summed E-state index contributed by atoms with van der Waals surface area (Å²) < 4.78 is 4.66. The number of benzene rings is 7. The Morgan fingerprint density at radius 3 is 1.19 bits per heavy atom. The molecule has 0 spiro atoms. The molecule has 2 aromatic heterocycles. The van der Waals surface area contributed by atoms with Crippen LogP contribution in [0.25, 0.3) is 102 Å². The number of para-hydroxylation sites is 2. The van der Waals surface area contributed by atoms with Gasteiger partial charge >= 0.3 is 0 Å². The molecule has 0 aliphatic rings. The monoisotopic (exact) mass is 744 g/mol. The van der Waals surface area contributed by atoms with E-state index in [-0.39, 0.29) is 0 Å². The summed E-state index contributed by atoms with van der Waals surface area (Å²) >= 11 is 0. The van der Waals surface area contributed by atoms with Crippen LogP contribution in [0.1, 0.15) is 36.4 Å². The zero-order valence-electron chi connectivity index (χ0n) is 32.9. The molecule has 0 atom stereocenters. The van der Waals surface area contributed by atoms with E-state index in [1.54, 1.807) is 0 Å². The summed E-state index contributed by atoms with van der Waals surface area (Å²) in [4.78, 5) is 0. The quantitative estimate of drug-likeness (QED) is 0.132. The molecule has 2 heterocycles. The topological polar surface area (TPSA) is 9.86 Å². The maximum absolute atomic E-state index is 4.16. The van der Waals surface area contributed by atoms with Crippen molar-refractivity contribution in [2.24, 2.45) is 0 Å². The van der Waals surface area contributed by atoms with E-state index in [4.69, 9.17) is 0 Å². The number of hydrogen-bond acceptors (Lipinski definition) is 0. The summed E-state index contributed by atoms with van der Waals surface area (Å²) in [6.45, 7) is 12.4. The Morgan fingerprint density at radius 2 is 0.724 bits per heavy atom. The van der Waals surface area contributed by atoms with E-state index in [1.165, 1.54) is 60.8 Å². The second kappa shape index (κ2) is 15.6. The molecule has 58 heavy (non-hydrogen) atoms. The Bertz CT molecular complexity index is 3020. The molecule has 0 aliphatic heterocycles. The first-order valence-corrected chi connectivity index (χ1v) is 19.9. The van der Waals surface area contributed by atoms with E-state index in [1.807, 2.05) is 12.2 Å². The van der Waals surface area contributed by atoms with Crippen LogP contribution in [0, 0.1) is 0 Å². The van der Waals surface area contributed by atoms with Gasteiger partial charge in [0.2, 0.25) is 0 Å². The molecule has 0 N–H and O–H groups in total. The number of aromatic nitrogens is 2.